The molecule has 7 nitrogen and oxygen atoms in total. The lowest BCUT2D eigenvalue weighted by molar-refractivity contribution is -0.385. The van der Waals surface area contributed by atoms with Crippen LogP contribution in [-0.4, -0.2) is 26.7 Å². The number of hydrogen-bond donors (Lipinski definition) is 2. The van der Waals surface area contributed by atoms with E-state index in [4.69, 9.17) is 0 Å². The summed E-state index contributed by atoms with van der Waals surface area (Å²) >= 11 is 0. The summed E-state index contributed by atoms with van der Waals surface area (Å²) in [4.78, 5) is 34.1. The molecule has 0 bridgehead atoms. The molecule has 7 heteroatoms. The smallest absolute Gasteiger partial charge is 0.276 e. The van der Waals surface area contributed by atoms with E-state index in [-0.39, 0.29) is 41.4 Å². The van der Waals surface area contributed by atoms with E-state index in [9.17, 15) is 29.9 Å². The fraction of sp³-hybridized carbons (Fsp3) is 0.158. The van der Waals surface area contributed by atoms with Crippen molar-refractivity contribution in [2.75, 3.05) is 0 Å². The van der Waals surface area contributed by atoms with Gasteiger partial charge in [0.2, 0.25) is 0 Å². The molecule has 0 fully saturated rings. The highest BCUT2D eigenvalue weighted by Gasteiger charge is 2.13. The lowest BCUT2D eigenvalue weighted by atomic mass is 10.0. The summed E-state index contributed by atoms with van der Waals surface area (Å²) in [6.45, 7) is 0. The number of Topliss-reactive ketones (excluding diaryl/α,β-unsaturated/α-hetero) is 1. The second kappa shape index (κ2) is 8.57. The van der Waals surface area contributed by atoms with Crippen LogP contribution in [0.2, 0.25) is 0 Å². The summed E-state index contributed by atoms with van der Waals surface area (Å²) in [6.07, 6.45) is 2.64. The molecule has 0 saturated carbocycles. The zero-order chi connectivity index (χ0) is 19.1. The van der Waals surface area contributed by atoms with Gasteiger partial charge in [0, 0.05) is 12.5 Å². The normalized spacial score (nSPS) is 10.8. The van der Waals surface area contributed by atoms with Crippen molar-refractivity contribution in [1.82, 2.24) is 0 Å². The summed E-state index contributed by atoms with van der Waals surface area (Å²) in [5.41, 5.74) is 0.708. The monoisotopic (exact) mass is 355 g/mol. The fourth-order valence-electron chi connectivity index (χ4n) is 2.31. The van der Waals surface area contributed by atoms with Gasteiger partial charge in [-0.2, -0.15) is 0 Å². The maximum absolute atomic E-state index is 11.9. The van der Waals surface area contributed by atoms with Crippen molar-refractivity contribution in [2.45, 2.75) is 19.3 Å². The number of aromatic hydroxyl groups is 2. The van der Waals surface area contributed by atoms with Crippen LogP contribution in [0.5, 0.6) is 11.5 Å². The minimum atomic E-state index is -0.619. The Bertz CT molecular complexity index is 855. The van der Waals surface area contributed by atoms with Gasteiger partial charge in [0.15, 0.2) is 5.78 Å². The predicted octanol–water partition coefficient (Wildman–Crippen LogP) is 3.18. The van der Waals surface area contributed by atoms with Gasteiger partial charge in [-0.05, 0) is 48.4 Å². The van der Waals surface area contributed by atoms with Gasteiger partial charge >= 0.3 is 0 Å². The van der Waals surface area contributed by atoms with Crippen molar-refractivity contribution in [2.24, 2.45) is 0 Å². The number of phenolic OH excluding ortho intramolecular Hbond substituents is 2. The number of carbonyl (C=O) groups excluding carboxylic acids is 2. The Kier molecular flexibility index (Phi) is 6.21. The van der Waals surface area contributed by atoms with Crippen molar-refractivity contribution in [1.29, 1.82) is 0 Å². The zero-order valence-corrected chi connectivity index (χ0v) is 13.8. The molecule has 0 atom stereocenters. The highest BCUT2D eigenvalue weighted by Crippen LogP contribution is 2.24. The molecule has 2 aromatic rings. The van der Waals surface area contributed by atoms with E-state index in [2.05, 4.69) is 0 Å². The van der Waals surface area contributed by atoms with E-state index in [0.29, 0.717) is 6.42 Å². The lowest BCUT2D eigenvalue weighted by Gasteiger charge is -2.01. The number of phenols is 2. The van der Waals surface area contributed by atoms with Gasteiger partial charge in [0.25, 0.3) is 5.69 Å². The molecule has 0 unspecified atom stereocenters. The van der Waals surface area contributed by atoms with Crippen LogP contribution in [0.3, 0.4) is 0 Å². The molecule has 0 saturated heterocycles. The highest BCUT2D eigenvalue weighted by molar-refractivity contribution is 6.06. The largest absolute Gasteiger partial charge is 0.508 e. The number of nitrogens with zero attached hydrogens (tertiary/aromatic N) is 1. The average Bonchev–Trinajstić information content (AvgIpc) is 2.59. The number of ketones is 2. The summed E-state index contributed by atoms with van der Waals surface area (Å²) in [7, 11) is 0. The molecule has 0 aliphatic heterocycles. The molecule has 26 heavy (non-hydrogen) atoms. The number of nitro benzene ring substituents is 1. The number of aryl methyl sites for hydroxylation is 1. The standard InChI is InChI=1S/C19H17NO6/c21-15-5-1-13(2-6-15)3-7-17(23)12-18(24)8-4-14-11-16(22)9-10-19(14)20(25)26/h1-2,4-6,8-11,21-22H,3,7,12H2/b8-4+. The Balaban J connectivity index is 1.92. The summed E-state index contributed by atoms with van der Waals surface area (Å²) in [5.74, 6) is -0.745. The Morgan fingerprint density at radius 1 is 1.04 bits per heavy atom. The maximum atomic E-state index is 11.9. The van der Waals surface area contributed by atoms with E-state index in [1.54, 1.807) is 12.1 Å². The third kappa shape index (κ3) is 5.55. The molecule has 0 radical (unpaired) electrons. The lowest BCUT2D eigenvalue weighted by Crippen LogP contribution is -2.06. The molecular weight excluding hydrogens is 338 g/mol. The first kappa shape index (κ1) is 18.9. The van der Waals surface area contributed by atoms with E-state index < -0.39 is 10.7 Å². The maximum Gasteiger partial charge on any atom is 0.276 e. The quantitative estimate of drug-likeness (QED) is 0.325. The molecule has 0 heterocycles. The Hall–Kier alpha value is -3.48. The first-order valence-electron chi connectivity index (χ1n) is 7.83. The molecule has 0 amide bonds. The van der Waals surface area contributed by atoms with Gasteiger partial charge in [-0.3, -0.25) is 19.7 Å². The third-order valence-electron chi connectivity index (χ3n) is 3.66. The molecule has 134 valence electrons. The van der Waals surface area contributed by atoms with Crippen molar-refractivity contribution >= 4 is 23.3 Å². The average molecular weight is 355 g/mol. The second-order valence-electron chi connectivity index (χ2n) is 5.68. The van der Waals surface area contributed by atoms with E-state index in [1.165, 1.54) is 30.3 Å². The summed E-state index contributed by atoms with van der Waals surface area (Å²) in [6, 6.07) is 9.95. The number of benzene rings is 2. The minimum Gasteiger partial charge on any atom is -0.508 e. The van der Waals surface area contributed by atoms with E-state index in [0.717, 1.165) is 17.7 Å². The topological polar surface area (TPSA) is 118 Å². The van der Waals surface area contributed by atoms with Gasteiger partial charge in [0.1, 0.15) is 17.3 Å². The van der Waals surface area contributed by atoms with Gasteiger partial charge in [-0.1, -0.05) is 12.1 Å². The minimum absolute atomic E-state index is 0.0832. The van der Waals surface area contributed by atoms with Crippen LogP contribution in [0.1, 0.15) is 24.0 Å². The van der Waals surface area contributed by atoms with Crippen LogP contribution in [0.25, 0.3) is 6.08 Å². The SMILES string of the molecule is O=C(/C=C/c1cc(O)ccc1[N+](=O)[O-])CC(=O)CCc1ccc(O)cc1. The van der Waals surface area contributed by atoms with Crippen molar-refractivity contribution in [3.05, 3.63) is 69.8 Å². The summed E-state index contributed by atoms with van der Waals surface area (Å²) < 4.78 is 0. The number of hydrogen-bond acceptors (Lipinski definition) is 6. The summed E-state index contributed by atoms with van der Waals surface area (Å²) in [5, 5.41) is 29.5. The molecular formula is C19H17NO6. The van der Waals surface area contributed by atoms with Gasteiger partial charge in [0.05, 0.1) is 16.9 Å². The third-order valence-corrected chi connectivity index (χ3v) is 3.66. The van der Waals surface area contributed by atoms with Crippen LogP contribution in [0.4, 0.5) is 5.69 Å². The zero-order valence-electron chi connectivity index (χ0n) is 13.8. The first-order valence-corrected chi connectivity index (χ1v) is 7.83. The van der Waals surface area contributed by atoms with Crippen LogP contribution in [0.15, 0.2) is 48.5 Å². The molecule has 0 aliphatic rings. The number of allylic oxidation sites excluding steroid dienone is 1. The fourth-order valence-corrected chi connectivity index (χ4v) is 2.31. The Morgan fingerprint density at radius 2 is 1.69 bits per heavy atom. The van der Waals surface area contributed by atoms with Gasteiger partial charge < -0.3 is 10.2 Å². The van der Waals surface area contributed by atoms with Crippen LogP contribution in [0, 0.1) is 10.1 Å². The number of rotatable bonds is 8. The molecule has 0 aromatic heterocycles. The van der Waals surface area contributed by atoms with Crippen molar-refractivity contribution < 1.29 is 24.7 Å². The van der Waals surface area contributed by atoms with Crippen molar-refractivity contribution in [3.63, 3.8) is 0 Å². The Labute approximate surface area is 149 Å². The van der Waals surface area contributed by atoms with Crippen LogP contribution < -0.4 is 0 Å². The van der Waals surface area contributed by atoms with Crippen LogP contribution >= 0.6 is 0 Å². The molecule has 0 aliphatic carbocycles. The molecule has 2 aromatic carbocycles. The number of nitro groups is 1. The molecule has 0 spiro atoms. The van der Waals surface area contributed by atoms with Crippen LogP contribution in [-0.2, 0) is 16.0 Å². The van der Waals surface area contributed by atoms with Crippen molar-refractivity contribution in [3.8, 4) is 11.5 Å². The number of carbonyl (C=O) groups is 2. The van der Waals surface area contributed by atoms with E-state index >= 15 is 0 Å². The predicted molar refractivity (Wildman–Crippen MR) is 94.9 cm³/mol. The molecule has 2 N–H and O–H groups in total. The van der Waals surface area contributed by atoms with Gasteiger partial charge in [-0.15, -0.1) is 0 Å². The van der Waals surface area contributed by atoms with E-state index in [1.807, 2.05) is 0 Å². The first-order chi connectivity index (χ1) is 12.3. The Morgan fingerprint density at radius 3 is 2.35 bits per heavy atom. The highest BCUT2D eigenvalue weighted by atomic mass is 16.6. The van der Waals surface area contributed by atoms with Gasteiger partial charge in [-0.25, -0.2) is 0 Å². The second-order valence-corrected chi connectivity index (χ2v) is 5.68. The molecule has 2 rings (SSSR count).